The highest BCUT2D eigenvalue weighted by molar-refractivity contribution is 5.88. The van der Waals surface area contributed by atoms with Gasteiger partial charge in [-0.25, -0.2) is 15.0 Å². The van der Waals surface area contributed by atoms with Crippen LogP contribution in [0.3, 0.4) is 0 Å². The van der Waals surface area contributed by atoms with Crippen molar-refractivity contribution in [3.63, 3.8) is 0 Å². The van der Waals surface area contributed by atoms with Crippen LogP contribution < -0.4 is 0 Å². The molecular weight excluding hydrogens is 354 g/mol. The number of hydrogen-bond donors (Lipinski definition) is 3. The van der Waals surface area contributed by atoms with Crippen molar-refractivity contribution < 1.29 is 20.1 Å². The van der Waals surface area contributed by atoms with Crippen LogP contribution >= 0.6 is 0 Å². The maximum absolute atomic E-state index is 10.7. The number of guanidine groups is 1. The zero-order valence-corrected chi connectivity index (χ0v) is 16.0. The van der Waals surface area contributed by atoms with Crippen molar-refractivity contribution in [3.05, 3.63) is 12.7 Å². The summed E-state index contributed by atoms with van der Waals surface area (Å²) in [6, 6.07) is 0. The van der Waals surface area contributed by atoms with E-state index in [9.17, 15) is 15.3 Å². The predicted molar refractivity (Wildman–Crippen MR) is 97.4 cm³/mol. The minimum Gasteiger partial charge on any atom is -0.394 e. The van der Waals surface area contributed by atoms with Gasteiger partial charge in [-0.05, 0) is 6.92 Å². The molecule has 1 fully saturated rings. The number of aliphatic hydroxyl groups is 3. The quantitative estimate of drug-likeness (QED) is 0.451. The molecule has 0 spiro atoms. The van der Waals surface area contributed by atoms with Gasteiger partial charge < -0.3 is 29.9 Å². The Bertz CT molecular complexity index is 838. The van der Waals surface area contributed by atoms with E-state index in [-0.39, 0.29) is 0 Å². The molecular formula is C16H25N7O4. The normalized spacial score (nSPS) is 27.8. The monoisotopic (exact) mass is 379 g/mol. The molecule has 3 N–H and O–H groups in total. The summed E-state index contributed by atoms with van der Waals surface area (Å²) in [7, 11) is 7.48. The van der Waals surface area contributed by atoms with Crippen molar-refractivity contribution in [1.82, 2.24) is 29.3 Å². The number of imidazole rings is 1. The molecule has 0 bridgehead atoms. The molecule has 3 heterocycles. The number of fused-ring (bicyclic) bond motifs is 1. The lowest BCUT2D eigenvalue weighted by Gasteiger charge is -2.27. The summed E-state index contributed by atoms with van der Waals surface area (Å²) >= 11 is 0. The Hall–Kier alpha value is -2.34. The van der Waals surface area contributed by atoms with Crippen molar-refractivity contribution >= 4 is 22.9 Å². The number of ether oxygens (including phenoxy) is 1. The fourth-order valence-electron chi connectivity index (χ4n) is 3.18. The van der Waals surface area contributed by atoms with Gasteiger partial charge in [-0.15, -0.1) is 0 Å². The Morgan fingerprint density at radius 2 is 1.93 bits per heavy atom. The Kier molecular flexibility index (Phi) is 5.04. The van der Waals surface area contributed by atoms with Crippen LogP contribution in [0.25, 0.3) is 11.2 Å². The Balaban J connectivity index is 2.08. The van der Waals surface area contributed by atoms with E-state index < -0.39 is 30.6 Å². The molecule has 0 unspecified atom stereocenters. The van der Waals surface area contributed by atoms with Gasteiger partial charge in [0.2, 0.25) is 5.96 Å². The van der Waals surface area contributed by atoms with Crippen LogP contribution in [0.2, 0.25) is 0 Å². The molecule has 0 aromatic carbocycles. The van der Waals surface area contributed by atoms with E-state index in [0.29, 0.717) is 22.9 Å². The first-order valence-corrected chi connectivity index (χ1v) is 8.46. The molecule has 0 amide bonds. The summed E-state index contributed by atoms with van der Waals surface area (Å²) in [5.41, 5.74) is -0.801. The summed E-state index contributed by atoms with van der Waals surface area (Å²) in [5.74, 6) is 1.04. The molecule has 0 aliphatic carbocycles. The number of aliphatic hydroxyl groups excluding tert-OH is 2. The predicted octanol–water partition coefficient (Wildman–Crippen LogP) is -1.06. The van der Waals surface area contributed by atoms with Gasteiger partial charge in [-0.3, -0.25) is 4.57 Å². The molecule has 11 nitrogen and oxygen atoms in total. The first-order chi connectivity index (χ1) is 12.7. The minimum atomic E-state index is -1.63. The molecule has 1 aliphatic rings. The third-order valence-corrected chi connectivity index (χ3v) is 4.53. The molecule has 1 aliphatic heterocycles. The lowest BCUT2D eigenvalue weighted by Crippen LogP contribution is -2.44. The largest absolute Gasteiger partial charge is 0.394 e. The van der Waals surface area contributed by atoms with E-state index in [1.54, 1.807) is 0 Å². The van der Waals surface area contributed by atoms with Crippen LogP contribution in [-0.2, 0) is 4.74 Å². The van der Waals surface area contributed by atoms with E-state index in [2.05, 4.69) is 19.9 Å². The first-order valence-electron chi connectivity index (χ1n) is 8.46. The third kappa shape index (κ3) is 3.23. The zero-order valence-electron chi connectivity index (χ0n) is 16.0. The highest BCUT2D eigenvalue weighted by Crippen LogP contribution is 2.39. The van der Waals surface area contributed by atoms with Gasteiger partial charge in [0, 0.05) is 28.2 Å². The van der Waals surface area contributed by atoms with Crippen LogP contribution in [0.15, 0.2) is 17.6 Å². The second-order valence-corrected chi connectivity index (χ2v) is 7.10. The van der Waals surface area contributed by atoms with Crippen LogP contribution in [0.4, 0.5) is 5.82 Å². The van der Waals surface area contributed by atoms with E-state index in [1.165, 1.54) is 24.1 Å². The maximum Gasteiger partial charge on any atom is 0.202 e. The van der Waals surface area contributed by atoms with Crippen molar-refractivity contribution in [3.8, 4) is 0 Å². The summed E-state index contributed by atoms with van der Waals surface area (Å²) in [4.78, 5) is 21.0. The number of aliphatic imine (C=N–C) groups is 1. The van der Waals surface area contributed by atoms with Crippen molar-refractivity contribution in [1.29, 1.82) is 0 Å². The average molecular weight is 379 g/mol. The smallest absolute Gasteiger partial charge is 0.202 e. The highest BCUT2D eigenvalue weighted by Gasteiger charge is 2.53. The number of hydrogen-bond acceptors (Lipinski definition) is 8. The highest BCUT2D eigenvalue weighted by atomic mass is 16.6. The van der Waals surface area contributed by atoms with Crippen LogP contribution in [-0.4, -0.2) is 103 Å². The van der Waals surface area contributed by atoms with Crippen LogP contribution in [0.1, 0.15) is 13.2 Å². The molecule has 2 aromatic heterocycles. The van der Waals surface area contributed by atoms with Gasteiger partial charge in [0.25, 0.3) is 0 Å². The average Bonchev–Trinajstić information content (AvgIpc) is 3.12. The number of aromatic nitrogens is 4. The molecule has 11 heteroatoms. The molecule has 1 saturated heterocycles. The first kappa shape index (κ1) is 19.4. The SMILES string of the molecule is CN(C)C(=Nc1ncnc2c1ncn2[C@@H]1O[C@H](CO)[C@@H](O)[C@@]1(C)O)N(C)C. The molecule has 0 saturated carbocycles. The third-order valence-electron chi connectivity index (χ3n) is 4.53. The van der Waals surface area contributed by atoms with Gasteiger partial charge in [0.15, 0.2) is 23.2 Å². The van der Waals surface area contributed by atoms with E-state index in [4.69, 9.17) is 4.74 Å². The topological polar surface area (TPSA) is 132 Å². The molecule has 2 aromatic rings. The summed E-state index contributed by atoms with van der Waals surface area (Å²) in [6.45, 7) is 1.03. The summed E-state index contributed by atoms with van der Waals surface area (Å²) < 4.78 is 7.16. The van der Waals surface area contributed by atoms with Crippen molar-refractivity contribution in [2.45, 2.75) is 31.0 Å². The zero-order chi connectivity index (χ0) is 19.9. The lowest BCUT2D eigenvalue weighted by atomic mass is 9.96. The van der Waals surface area contributed by atoms with Gasteiger partial charge in [0.05, 0.1) is 12.9 Å². The van der Waals surface area contributed by atoms with Crippen LogP contribution in [0.5, 0.6) is 0 Å². The molecule has 0 radical (unpaired) electrons. The number of rotatable bonds is 3. The Morgan fingerprint density at radius 1 is 1.26 bits per heavy atom. The van der Waals surface area contributed by atoms with Gasteiger partial charge in [0.1, 0.15) is 24.1 Å². The number of nitrogens with zero attached hydrogens (tertiary/aromatic N) is 7. The summed E-state index contributed by atoms with van der Waals surface area (Å²) in [5, 5.41) is 30.3. The van der Waals surface area contributed by atoms with E-state index >= 15 is 0 Å². The second kappa shape index (κ2) is 7.00. The summed E-state index contributed by atoms with van der Waals surface area (Å²) in [6.07, 6.45) is -0.321. The van der Waals surface area contributed by atoms with Gasteiger partial charge in [-0.1, -0.05) is 0 Å². The fourth-order valence-corrected chi connectivity index (χ4v) is 3.18. The molecule has 4 atom stereocenters. The molecule has 3 rings (SSSR count). The Labute approximate surface area is 156 Å². The van der Waals surface area contributed by atoms with Gasteiger partial charge >= 0.3 is 0 Å². The second-order valence-electron chi connectivity index (χ2n) is 7.10. The van der Waals surface area contributed by atoms with Gasteiger partial charge in [-0.2, -0.15) is 4.99 Å². The fraction of sp³-hybridized carbons (Fsp3) is 0.625. The Morgan fingerprint density at radius 3 is 2.48 bits per heavy atom. The van der Waals surface area contributed by atoms with Crippen LogP contribution in [0, 0.1) is 0 Å². The molecule has 27 heavy (non-hydrogen) atoms. The minimum absolute atomic E-state index is 0.369. The maximum atomic E-state index is 10.7. The van der Waals surface area contributed by atoms with E-state index in [1.807, 2.05) is 38.0 Å². The van der Waals surface area contributed by atoms with E-state index in [0.717, 1.165) is 0 Å². The van der Waals surface area contributed by atoms with Crippen molar-refractivity contribution in [2.75, 3.05) is 34.8 Å². The molecule has 148 valence electrons. The van der Waals surface area contributed by atoms with Crippen molar-refractivity contribution in [2.24, 2.45) is 4.99 Å². The lowest BCUT2D eigenvalue weighted by molar-refractivity contribution is -0.0950. The standard InChI is InChI=1S/C16H25N7O4/c1-16(26)11(25)9(6-24)27-14(16)23-8-19-10-12(17-7-18-13(10)23)20-15(21(2)3)22(4)5/h7-9,11,14,24-26H,6H2,1-5H3/t9-,11-,14-,16-/m1/s1.